The molecule has 3 rings (SSSR count). The maximum atomic E-state index is 12.7. The van der Waals surface area contributed by atoms with E-state index in [4.69, 9.17) is 4.74 Å². The van der Waals surface area contributed by atoms with Gasteiger partial charge < -0.3 is 10.1 Å². The quantitative estimate of drug-likeness (QED) is 0.657. The van der Waals surface area contributed by atoms with Crippen LogP contribution in [0.25, 0.3) is 5.69 Å². The van der Waals surface area contributed by atoms with Crippen LogP contribution in [0.4, 0.5) is 5.82 Å². The van der Waals surface area contributed by atoms with E-state index in [1.165, 1.54) is 5.56 Å². The molecule has 0 radical (unpaired) electrons. The maximum Gasteiger partial charge on any atom is 0.239 e. The van der Waals surface area contributed by atoms with Gasteiger partial charge in [-0.1, -0.05) is 29.8 Å². The van der Waals surface area contributed by atoms with Crippen molar-refractivity contribution >= 4 is 11.7 Å². The first-order valence-corrected chi connectivity index (χ1v) is 9.65. The normalized spacial score (nSPS) is 12.1. The highest BCUT2D eigenvalue weighted by atomic mass is 16.5. The summed E-state index contributed by atoms with van der Waals surface area (Å²) in [6.07, 6.45) is 0. The summed E-state index contributed by atoms with van der Waals surface area (Å²) in [7, 11) is 3.59. The number of aryl methyl sites for hydroxylation is 2. The topological polar surface area (TPSA) is 59.4 Å². The van der Waals surface area contributed by atoms with Crippen LogP contribution >= 0.6 is 0 Å². The van der Waals surface area contributed by atoms with E-state index >= 15 is 0 Å². The number of carbonyl (C=O) groups excluding carboxylic acids is 1. The van der Waals surface area contributed by atoms with Gasteiger partial charge >= 0.3 is 0 Å². The largest absolute Gasteiger partial charge is 0.497 e. The van der Waals surface area contributed by atoms with Crippen LogP contribution in [0.1, 0.15) is 29.8 Å². The standard InChI is InChI=1S/C23H28N4O2/c1-16-6-10-20(11-7-16)27-22(14-17(2)25-27)24-23(28)15-26(4)18(3)19-8-12-21(29-5)13-9-19/h6-14,18H,15H2,1-5H3,(H,24,28). The SMILES string of the molecule is COc1ccc(C(C)N(C)CC(=O)Nc2cc(C)nn2-c2ccc(C)cc2)cc1. The molecule has 29 heavy (non-hydrogen) atoms. The second-order valence-corrected chi connectivity index (χ2v) is 7.33. The molecule has 0 aliphatic heterocycles. The fraction of sp³-hybridized carbons (Fsp3) is 0.304. The van der Waals surface area contributed by atoms with E-state index in [-0.39, 0.29) is 18.5 Å². The molecule has 6 nitrogen and oxygen atoms in total. The zero-order valence-electron chi connectivity index (χ0n) is 17.6. The van der Waals surface area contributed by atoms with E-state index in [9.17, 15) is 4.79 Å². The number of rotatable bonds is 7. The van der Waals surface area contributed by atoms with Gasteiger partial charge in [-0.25, -0.2) is 4.68 Å². The van der Waals surface area contributed by atoms with E-state index in [1.807, 2.05) is 80.4 Å². The number of aromatic nitrogens is 2. The number of hydrogen-bond acceptors (Lipinski definition) is 4. The molecule has 1 unspecified atom stereocenters. The maximum absolute atomic E-state index is 12.7. The molecule has 0 aliphatic carbocycles. The summed E-state index contributed by atoms with van der Waals surface area (Å²) in [5.41, 5.74) is 4.07. The van der Waals surface area contributed by atoms with Crippen molar-refractivity contribution in [1.82, 2.24) is 14.7 Å². The molecule has 6 heteroatoms. The molecule has 1 aromatic heterocycles. The van der Waals surface area contributed by atoms with Crippen molar-refractivity contribution in [3.05, 3.63) is 71.4 Å². The summed E-state index contributed by atoms with van der Waals surface area (Å²) in [5.74, 6) is 1.41. The van der Waals surface area contributed by atoms with Gasteiger partial charge in [0.05, 0.1) is 25.0 Å². The van der Waals surface area contributed by atoms with Gasteiger partial charge in [0.2, 0.25) is 5.91 Å². The van der Waals surface area contributed by atoms with Crippen LogP contribution in [0, 0.1) is 13.8 Å². The van der Waals surface area contributed by atoms with Gasteiger partial charge in [-0.15, -0.1) is 0 Å². The van der Waals surface area contributed by atoms with E-state index in [0.29, 0.717) is 5.82 Å². The number of anilines is 1. The first-order chi connectivity index (χ1) is 13.9. The zero-order chi connectivity index (χ0) is 21.0. The Morgan fingerprint density at radius 2 is 1.79 bits per heavy atom. The molecule has 2 aromatic carbocycles. The second-order valence-electron chi connectivity index (χ2n) is 7.33. The second kappa shape index (κ2) is 8.92. The van der Waals surface area contributed by atoms with Crippen molar-refractivity contribution in [2.24, 2.45) is 0 Å². The van der Waals surface area contributed by atoms with Gasteiger partial charge in [-0.3, -0.25) is 9.69 Å². The lowest BCUT2D eigenvalue weighted by Gasteiger charge is -2.24. The molecule has 0 spiro atoms. The molecular weight excluding hydrogens is 364 g/mol. The average Bonchev–Trinajstić information content (AvgIpc) is 3.07. The Hall–Kier alpha value is -3.12. The molecule has 0 bridgehead atoms. The Morgan fingerprint density at radius 1 is 1.14 bits per heavy atom. The van der Waals surface area contributed by atoms with Crippen LogP contribution in [0.3, 0.4) is 0 Å². The highest BCUT2D eigenvalue weighted by molar-refractivity contribution is 5.91. The number of likely N-dealkylation sites (N-methyl/N-ethyl adjacent to an activating group) is 1. The number of ether oxygens (including phenoxy) is 1. The van der Waals surface area contributed by atoms with Gasteiger partial charge in [0.1, 0.15) is 11.6 Å². The number of carbonyl (C=O) groups is 1. The summed E-state index contributed by atoms with van der Waals surface area (Å²) in [6, 6.07) is 17.9. The Labute approximate surface area is 172 Å². The lowest BCUT2D eigenvalue weighted by atomic mass is 10.1. The van der Waals surface area contributed by atoms with Gasteiger partial charge in [-0.05, 0) is 57.6 Å². The van der Waals surface area contributed by atoms with Gasteiger partial charge in [-0.2, -0.15) is 5.10 Å². The van der Waals surface area contributed by atoms with Gasteiger partial charge in [0.25, 0.3) is 0 Å². The minimum absolute atomic E-state index is 0.0823. The minimum atomic E-state index is -0.0823. The number of methoxy groups -OCH3 is 1. The Morgan fingerprint density at radius 3 is 2.41 bits per heavy atom. The fourth-order valence-electron chi connectivity index (χ4n) is 3.15. The molecule has 1 amide bonds. The first kappa shape index (κ1) is 20.6. The van der Waals surface area contributed by atoms with Crippen LogP contribution < -0.4 is 10.1 Å². The lowest BCUT2D eigenvalue weighted by molar-refractivity contribution is -0.117. The lowest BCUT2D eigenvalue weighted by Crippen LogP contribution is -2.32. The highest BCUT2D eigenvalue weighted by Crippen LogP contribution is 2.22. The Kier molecular flexibility index (Phi) is 6.34. The Balaban J connectivity index is 1.68. The van der Waals surface area contributed by atoms with E-state index in [2.05, 4.69) is 17.3 Å². The zero-order valence-corrected chi connectivity index (χ0v) is 17.6. The molecule has 0 aliphatic rings. The monoisotopic (exact) mass is 392 g/mol. The van der Waals surface area contributed by atoms with Gasteiger partial charge in [0, 0.05) is 12.1 Å². The van der Waals surface area contributed by atoms with Crippen LogP contribution in [0.15, 0.2) is 54.6 Å². The summed E-state index contributed by atoms with van der Waals surface area (Å²) in [5, 5.41) is 7.52. The number of benzene rings is 2. The highest BCUT2D eigenvalue weighted by Gasteiger charge is 2.17. The van der Waals surface area contributed by atoms with E-state index in [1.54, 1.807) is 11.8 Å². The molecule has 1 N–H and O–H groups in total. The first-order valence-electron chi connectivity index (χ1n) is 9.65. The predicted octanol–water partition coefficient (Wildman–Crippen LogP) is 4.13. The Bertz CT molecular complexity index is 962. The van der Waals surface area contributed by atoms with Crippen molar-refractivity contribution in [2.45, 2.75) is 26.8 Å². The molecule has 0 saturated heterocycles. The summed E-state index contributed by atoms with van der Waals surface area (Å²) in [6.45, 7) is 6.31. The summed E-state index contributed by atoms with van der Waals surface area (Å²) in [4.78, 5) is 14.7. The molecular formula is C23H28N4O2. The van der Waals surface area contributed by atoms with Crippen LogP contribution in [-0.2, 0) is 4.79 Å². The third-order valence-electron chi connectivity index (χ3n) is 5.03. The van der Waals surface area contributed by atoms with Crippen molar-refractivity contribution in [3.63, 3.8) is 0 Å². The number of nitrogens with one attached hydrogen (secondary N) is 1. The summed E-state index contributed by atoms with van der Waals surface area (Å²) >= 11 is 0. The fourth-order valence-corrected chi connectivity index (χ4v) is 3.15. The summed E-state index contributed by atoms with van der Waals surface area (Å²) < 4.78 is 6.97. The smallest absolute Gasteiger partial charge is 0.239 e. The molecule has 152 valence electrons. The average molecular weight is 393 g/mol. The van der Waals surface area contributed by atoms with Crippen molar-refractivity contribution in [2.75, 3.05) is 26.0 Å². The van der Waals surface area contributed by atoms with Crippen LogP contribution in [-0.4, -0.2) is 41.3 Å². The molecule has 0 saturated carbocycles. The molecule has 1 heterocycles. The molecule has 3 aromatic rings. The van der Waals surface area contributed by atoms with E-state index in [0.717, 1.165) is 22.7 Å². The third kappa shape index (κ3) is 5.03. The minimum Gasteiger partial charge on any atom is -0.497 e. The van der Waals surface area contributed by atoms with Crippen molar-refractivity contribution < 1.29 is 9.53 Å². The third-order valence-corrected chi connectivity index (χ3v) is 5.03. The van der Waals surface area contributed by atoms with Crippen molar-refractivity contribution in [1.29, 1.82) is 0 Å². The number of hydrogen-bond donors (Lipinski definition) is 1. The number of amides is 1. The number of nitrogens with zero attached hydrogens (tertiary/aromatic N) is 3. The van der Waals surface area contributed by atoms with Crippen molar-refractivity contribution in [3.8, 4) is 11.4 Å². The van der Waals surface area contributed by atoms with E-state index < -0.39 is 0 Å². The van der Waals surface area contributed by atoms with Crippen LogP contribution in [0.2, 0.25) is 0 Å². The van der Waals surface area contributed by atoms with Gasteiger partial charge in [0.15, 0.2) is 0 Å². The molecule has 1 atom stereocenters. The predicted molar refractivity (Wildman–Crippen MR) is 116 cm³/mol. The molecule has 0 fully saturated rings. The van der Waals surface area contributed by atoms with Crippen LogP contribution in [0.5, 0.6) is 5.75 Å².